The Balaban J connectivity index is 0. The number of carboxylic acid groups (broad SMARTS) is 2. The van der Waals surface area contributed by atoms with Crippen molar-refractivity contribution >= 4 is 23.7 Å². The van der Waals surface area contributed by atoms with Crippen molar-refractivity contribution in [3.05, 3.63) is 0 Å². The first-order valence-electron chi connectivity index (χ1n) is 5.32. The van der Waals surface area contributed by atoms with Crippen LogP contribution in [0.3, 0.4) is 0 Å². The van der Waals surface area contributed by atoms with Crippen molar-refractivity contribution in [2.24, 2.45) is 11.5 Å². The molecule has 7 heteroatoms. The highest BCUT2D eigenvalue weighted by atomic mass is 32.2. The molecular weight excluding hydrogens is 244 g/mol. The molecule has 0 fully saturated rings. The lowest BCUT2D eigenvalue weighted by Gasteiger charge is -2.02. The molecule has 17 heavy (non-hydrogen) atoms. The molecule has 0 heterocycles. The average molecular weight is 266 g/mol. The Hall–Kier alpha value is -0.790. The Morgan fingerprint density at radius 3 is 1.76 bits per heavy atom. The predicted octanol–water partition coefficient (Wildman–Crippen LogP) is 0.350. The molecule has 0 aromatic rings. The molecule has 6 nitrogen and oxygen atoms in total. The molecule has 0 aromatic heterocycles. The van der Waals surface area contributed by atoms with E-state index in [2.05, 4.69) is 0 Å². The molecule has 0 aliphatic carbocycles. The second kappa shape index (κ2) is 11.7. The molecule has 0 unspecified atom stereocenters. The van der Waals surface area contributed by atoms with E-state index in [0.29, 0.717) is 12.8 Å². The Morgan fingerprint density at radius 2 is 1.53 bits per heavy atom. The number of aliphatic carboxylic acids is 2. The second-order valence-corrected chi connectivity index (χ2v) is 4.45. The summed E-state index contributed by atoms with van der Waals surface area (Å²) in [5.41, 5.74) is 10.3. The minimum absolute atomic E-state index is 0.552. The second-order valence-electron chi connectivity index (χ2n) is 3.46. The van der Waals surface area contributed by atoms with Gasteiger partial charge in [0.15, 0.2) is 0 Å². The van der Waals surface area contributed by atoms with Gasteiger partial charge in [0, 0.05) is 0 Å². The zero-order valence-corrected chi connectivity index (χ0v) is 11.1. The van der Waals surface area contributed by atoms with Crippen LogP contribution in [0.25, 0.3) is 0 Å². The lowest BCUT2D eigenvalue weighted by atomic mass is 10.2. The number of thioether (sulfide) groups is 1. The molecule has 0 rings (SSSR count). The summed E-state index contributed by atoms with van der Waals surface area (Å²) in [7, 11) is 0. The summed E-state index contributed by atoms with van der Waals surface area (Å²) in [6.07, 6.45) is 3.87. The smallest absolute Gasteiger partial charge is 0.320 e. The lowest BCUT2D eigenvalue weighted by molar-refractivity contribution is -0.139. The van der Waals surface area contributed by atoms with Crippen LogP contribution in [0, 0.1) is 0 Å². The maximum Gasteiger partial charge on any atom is 0.320 e. The van der Waals surface area contributed by atoms with Gasteiger partial charge in [-0.05, 0) is 24.9 Å². The Morgan fingerprint density at radius 1 is 1.12 bits per heavy atom. The van der Waals surface area contributed by atoms with E-state index in [4.69, 9.17) is 21.7 Å². The minimum atomic E-state index is -0.913. The first-order valence-corrected chi connectivity index (χ1v) is 6.71. The molecule has 0 saturated carbocycles. The Kier molecular flexibility index (Phi) is 12.8. The summed E-state index contributed by atoms with van der Waals surface area (Å²) >= 11 is 1.60. The molecule has 0 bridgehead atoms. The molecule has 0 radical (unpaired) electrons. The van der Waals surface area contributed by atoms with Gasteiger partial charge in [-0.25, -0.2) is 0 Å². The molecule has 6 N–H and O–H groups in total. The van der Waals surface area contributed by atoms with E-state index in [1.165, 1.54) is 0 Å². The van der Waals surface area contributed by atoms with Crippen LogP contribution in [0.1, 0.15) is 26.2 Å². The third kappa shape index (κ3) is 13.1. The van der Waals surface area contributed by atoms with Crippen LogP contribution in [-0.4, -0.2) is 46.2 Å². The number of rotatable bonds is 7. The van der Waals surface area contributed by atoms with Crippen molar-refractivity contribution in [2.45, 2.75) is 38.3 Å². The summed E-state index contributed by atoms with van der Waals surface area (Å²) in [5.74, 6) is -1.01. The van der Waals surface area contributed by atoms with Crippen LogP contribution >= 0.6 is 11.8 Å². The van der Waals surface area contributed by atoms with Gasteiger partial charge < -0.3 is 21.7 Å². The highest BCUT2D eigenvalue weighted by molar-refractivity contribution is 7.98. The summed E-state index contributed by atoms with van der Waals surface area (Å²) in [4.78, 5) is 20.0. The van der Waals surface area contributed by atoms with Crippen molar-refractivity contribution in [3.8, 4) is 0 Å². The summed E-state index contributed by atoms with van der Waals surface area (Å²) in [5, 5.41) is 16.5. The van der Waals surface area contributed by atoms with Crippen LogP contribution in [-0.2, 0) is 9.59 Å². The molecule has 0 aliphatic rings. The van der Waals surface area contributed by atoms with E-state index >= 15 is 0 Å². The monoisotopic (exact) mass is 266 g/mol. The normalized spacial score (nSPS) is 13.2. The Labute approximate surface area is 106 Å². The summed E-state index contributed by atoms with van der Waals surface area (Å²) < 4.78 is 0. The van der Waals surface area contributed by atoms with Crippen molar-refractivity contribution in [1.29, 1.82) is 0 Å². The van der Waals surface area contributed by atoms with Crippen molar-refractivity contribution in [1.82, 2.24) is 0 Å². The SMILES string of the molecule is CCC[C@H](N)C(=O)O.CSCC[C@H](N)C(=O)O. The van der Waals surface area contributed by atoms with E-state index in [9.17, 15) is 9.59 Å². The number of hydrogen-bond acceptors (Lipinski definition) is 5. The lowest BCUT2D eigenvalue weighted by Crippen LogP contribution is -2.30. The number of hydrogen-bond donors (Lipinski definition) is 4. The zero-order chi connectivity index (χ0) is 13.8. The average Bonchev–Trinajstić information content (AvgIpc) is 2.26. The van der Waals surface area contributed by atoms with Crippen molar-refractivity contribution < 1.29 is 19.8 Å². The largest absolute Gasteiger partial charge is 0.480 e. The van der Waals surface area contributed by atoms with E-state index in [-0.39, 0.29) is 0 Å². The van der Waals surface area contributed by atoms with Crippen molar-refractivity contribution in [3.63, 3.8) is 0 Å². The third-order valence-corrected chi connectivity index (χ3v) is 2.51. The quantitative estimate of drug-likeness (QED) is 0.523. The molecule has 102 valence electrons. The van der Waals surface area contributed by atoms with E-state index in [1.807, 2.05) is 13.2 Å². The first-order chi connectivity index (χ1) is 7.86. The van der Waals surface area contributed by atoms with Gasteiger partial charge >= 0.3 is 11.9 Å². The number of carbonyl (C=O) groups is 2. The van der Waals surface area contributed by atoms with Gasteiger partial charge in [-0.3, -0.25) is 9.59 Å². The number of nitrogens with two attached hydrogens (primary N) is 2. The van der Waals surface area contributed by atoms with Gasteiger partial charge in [0.05, 0.1) is 0 Å². The molecule has 0 aliphatic heterocycles. The molecule has 0 aromatic carbocycles. The first kappa shape index (κ1) is 18.6. The van der Waals surface area contributed by atoms with Gasteiger partial charge in [-0.2, -0.15) is 11.8 Å². The van der Waals surface area contributed by atoms with Gasteiger partial charge in [0.25, 0.3) is 0 Å². The fourth-order valence-corrected chi connectivity index (χ4v) is 1.29. The van der Waals surface area contributed by atoms with E-state index < -0.39 is 24.0 Å². The summed E-state index contributed by atoms with van der Waals surface area (Å²) in [6.45, 7) is 1.91. The van der Waals surface area contributed by atoms with Crippen LogP contribution in [0.4, 0.5) is 0 Å². The zero-order valence-electron chi connectivity index (χ0n) is 10.3. The van der Waals surface area contributed by atoms with Gasteiger partial charge in [0.1, 0.15) is 12.1 Å². The minimum Gasteiger partial charge on any atom is -0.480 e. The Bertz CT molecular complexity index is 226. The standard InChI is InChI=1S/C5H11NO2S.C5H11NO2/c1-9-3-2-4(6)5(7)8;1-2-3-4(6)5(7)8/h4H,2-3,6H2,1H3,(H,7,8);4H,2-3,6H2,1H3,(H,7,8)/t2*4-/m00/s1. The van der Waals surface area contributed by atoms with Crippen molar-refractivity contribution in [2.75, 3.05) is 12.0 Å². The highest BCUT2D eigenvalue weighted by Crippen LogP contribution is 1.97. The highest BCUT2D eigenvalue weighted by Gasteiger charge is 2.09. The fraction of sp³-hybridized carbons (Fsp3) is 0.800. The summed E-state index contributed by atoms with van der Waals surface area (Å²) in [6, 6.07) is -1.35. The van der Waals surface area contributed by atoms with Gasteiger partial charge in [-0.15, -0.1) is 0 Å². The van der Waals surface area contributed by atoms with Gasteiger partial charge in [-0.1, -0.05) is 13.3 Å². The predicted molar refractivity (Wildman–Crippen MR) is 69.1 cm³/mol. The third-order valence-electron chi connectivity index (χ3n) is 1.87. The van der Waals surface area contributed by atoms with Crippen LogP contribution in [0.2, 0.25) is 0 Å². The number of carboxylic acids is 2. The van der Waals surface area contributed by atoms with E-state index in [1.54, 1.807) is 11.8 Å². The maximum absolute atomic E-state index is 10.1. The van der Waals surface area contributed by atoms with Crippen LogP contribution < -0.4 is 11.5 Å². The molecule has 0 saturated heterocycles. The van der Waals surface area contributed by atoms with Crippen LogP contribution in [0.15, 0.2) is 0 Å². The molecule has 0 spiro atoms. The maximum atomic E-state index is 10.1. The van der Waals surface area contributed by atoms with Gasteiger partial charge in [0.2, 0.25) is 0 Å². The topological polar surface area (TPSA) is 127 Å². The van der Waals surface area contributed by atoms with Crippen LogP contribution in [0.5, 0.6) is 0 Å². The fourth-order valence-electron chi connectivity index (χ4n) is 0.803. The molecule has 2 atom stereocenters. The van der Waals surface area contributed by atoms with E-state index in [0.717, 1.165) is 12.2 Å². The molecular formula is C10H22N2O4S. The molecule has 0 amide bonds.